The third kappa shape index (κ3) is 3.20. The first-order valence-electron chi connectivity index (χ1n) is 8.81. The Morgan fingerprint density at radius 1 is 1.12 bits per heavy atom. The van der Waals surface area contributed by atoms with Crippen LogP contribution in [0.3, 0.4) is 0 Å². The second-order valence-corrected chi connectivity index (χ2v) is 6.48. The summed E-state index contributed by atoms with van der Waals surface area (Å²) < 4.78 is 13.6. The van der Waals surface area contributed by atoms with E-state index in [1.165, 1.54) is 5.56 Å². The third-order valence-electron chi connectivity index (χ3n) is 4.54. The van der Waals surface area contributed by atoms with Crippen molar-refractivity contribution in [2.45, 2.75) is 32.4 Å². The molecule has 5 nitrogen and oxygen atoms in total. The van der Waals surface area contributed by atoms with Gasteiger partial charge in [-0.25, -0.2) is 4.98 Å². The van der Waals surface area contributed by atoms with Crippen LogP contribution in [0.2, 0.25) is 0 Å². The first kappa shape index (κ1) is 16.0. The lowest BCUT2D eigenvalue weighted by Crippen LogP contribution is -2.15. The minimum absolute atomic E-state index is 0.122. The number of rotatable bonds is 5. The highest BCUT2D eigenvalue weighted by molar-refractivity contribution is 5.81. The smallest absolute Gasteiger partial charge is 0.163 e. The lowest BCUT2D eigenvalue weighted by molar-refractivity contribution is 0.172. The average Bonchev–Trinajstić information content (AvgIpc) is 2.99. The molecule has 130 valence electrons. The van der Waals surface area contributed by atoms with Gasteiger partial charge >= 0.3 is 0 Å². The van der Waals surface area contributed by atoms with Crippen LogP contribution in [0, 0.1) is 0 Å². The Bertz CT molecular complexity index is 872. The standard InChI is InChI=1S/C20H23N3O2/c1-14(21)20-22-16-12-18-19(25-11-10-24-18)13-17(16)23(20)9-5-8-15-6-3-2-4-7-15/h2-4,6-7,12-14H,5,8-11,21H2,1H3. The first-order valence-corrected chi connectivity index (χ1v) is 8.81. The molecule has 0 radical (unpaired) electrons. The first-order chi connectivity index (χ1) is 12.2. The second-order valence-electron chi connectivity index (χ2n) is 6.48. The SMILES string of the molecule is CC(N)c1nc2cc3c(cc2n1CCCc1ccccc1)OCCO3. The Morgan fingerprint density at radius 3 is 2.56 bits per heavy atom. The van der Waals surface area contributed by atoms with Gasteiger partial charge in [0.25, 0.3) is 0 Å². The van der Waals surface area contributed by atoms with Gasteiger partial charge in [-0.15, -0.1) is 0 Å². The third-order valence-corrected chi connectivity index (χ3v) is 4.54. The van der Waals surface area contributed by atoms with Crippen LogP contribution in [0.15, 0.2) is 42.5 Å². The monoisotopic (exact) mass is 337 g/mol. The van der Waals surface area contributed by atoms with Gasteiger partial charge in [0.05, 0.1) is 17.1 Å². The number of imidazole rings is 1. The molecule has 1 aromatic heterocycles. The van der Waals surface area contributed by atoms with Gasteiger partial charge in [0.15, 0.2) is 11.5 Å². The van der Waals surface area contributed by atoms with Gasteiger partial charge in [-0.3, -0.25) is 0 Å². The lowest BCUT2D eigenvalue weighted by atomic mass is 10.1. The van der Waals surface area contributed by atoms with E-state index >= 15 is 0 Å². The molecule has 0 saturated heterocycles. The van der Waals surface area contributed by atoms with Crippen LogP contribution in [-0.4, -0.2) is 22.8 Å². The van der Waals surface area contributed by atoms with Crippen molar-refractivity contribution >= 4 is 11.0 Å². The summed E-state index contributed by atoms with van der Waals surface area (Å²) in [5, 5.41) is 0. The number of hydrogen-bond donors (Lipinski definition) is 1. The minimum atomic E-state index is -0.122. The molecular formula is C20H23N3O2. The molecule has 25 heavy (non-hydrogen) atoms. The van der Waals surface area contributed by atoms with E-state index in [0.717, 1.165) is 47.7 Å². The topological polar surface area (TPSA) is 62.3 Å². The molecule has 4 rings (SSSR count). The van der Waals surface area contributed by atoms with Crippen LogP contribution in [-0.2, 0) is 13.0 Å². The molecule has 0 bridgehead atoms. The van der Waals surface area contributed by atoms with Crippen molar-refractivity contribution in [3.05, 3.63) is 53.9 Å². The van der Waals surface area contributed by atoms with E-state index in [9.17, 15) is 0 Å². The molecule has 1 aliphatic heterocycles. The predicted molar refractivity (Wildman–Crippen MR) is 98.1 cm³/mol. The molecule has 2 aromatic carbocycles. The van der Waals surface area contributed by atoms with E-state index < -0.39 is 0 Å². The van der Waals surface area contributed by atoms with E-state index in [1.807, 2.05) is 25.1 Å². The van der Waals surface area contributed by atoms with E-state index in [4.69, 9.17) is 20.2 Å². The van der Waals surface area contributed by atoms with Gasteiger partial charge < -0.3 is 19.8 Å². The van der Waals surface area contributed by atoms with Gasteiger partial charge in [-0.1, -0.05) is 30.3 Å². The zero-order valence-electron chi connectivity index (χ0n) is 14.4. The summed E-state index contributed by atoms with van der Waals surface area (Å²) in [6.07, 6.45) is 2.06. The van der Waals surface area contributed by atoms with Gasteiger partial charge in [-0.05, 0) is 25.3 Å². The van der Waals surface area contributed by atoms with Crippen LogP contribution < -0.4 is 15.2 Å². The summed E-state index contributed by atoms with van der Waals surface area (Å²) in [5.41, 5.74) is 9.49. The van der Waals surface area contributed by atoms with Crippen molar-refractivity contribution in [1.29, 1.82) is 0 Å². The molecule has 3 aromatic rings. The number of hydrogen-bond acceptors (Lipinski definition) is 4. The molecule has 0 spiro atoms. The summed E-state index contributed by atoms with van der Waals surface area (Å²) >= 11 is 0. The van der Waals surface area contributed by atoms with Crippen LogP contribution in [0.25, 0.3) is 11.0 Å². The number of aryl methyl sites for hydroxylation is 2. The Kier molecular flexibility index (Phi) is 4.32. The largest absolute Gasteiger partial charge is 0.486 e. The summed E-state index contributed by atoms with van der Waals surface area (Å²) in [7, 11) is 0. The number of ether oxygens (including phenoxy) is 2. The van der Waals surface area contributed by atoms with Crippen molar-refractivity contribution < 1.29 is 9.47 Å². The van der Waals surface area contributed by atoms with Gasteiger partial charge in [0.2, 0.25) is 0 Å². The summed E-state index contributed by atoms with van der Waals surface area (Å²) in [4.78, 5) is 4.75. The molecule has 1 aliphatic rings. The van der Waals surface area contributed by atoms with Crippen LogP contribution >= 0.6 is 0 Å². The molecule has 2 N–H and O–H groups in total. The summed E-state index contributed by atoms with van der Waals surface area (Å²) in [5.74, 6) is 2.47. The Morgan fingerprint density at radius 2 is 1.84 bits per heavy atom. The molecular weight excluding hydrogens is 314 g/mol. The zero-order valence-corrected chi connectivity index (χ0v) is 14.4. The lowest BCUT2D eigenvalue weighted by Gasteiger charge is -2.18. The fourth-order valence-electron chi connectivity index (χ4n) is 3.35. The van der Waals surface area contributed by atoms with Crippen molar-refractivity contribution in [3.8, 4) is 11.5 Å². The molecule has 0 aliphatic carbocycles. The second kappa shape index (κ2) is 6.76. The molecule has 0 amide bonds. The highest BCUT2D eigenvalue weighted by Crippen LogP contribution is 2.35. The highest BCUT2D eigenvalue weighted by Gasteiger charge is 2.19. The normalized spacial score (nSPS) is 14.6. The van der Waals surface area contributed by atoms with Gasteiger partial charge in [-0.2, -0.15) is 0 Å². The fourth-order valence-corrected chi connectivity index (χ4v) is 3.35. The number of benzene rings is 2. The van der Waals surface area contributed by atoms with Gasteiger partial charge in [0.1, 0.15) is 19.0 Å². The number of nitrogens with zero attached hydrogens (tertiary/aromatic N) is 2. The van der Waals surface area contributed by atoms with E-state index in [2.05, 4.69) is 28.8 Å². The summed E-state index contributed by atoms with van der Waals surface area (Å²) in [6.45, 7) is 4.01. The van der Waals surface area contributed by atoms with Gasteiger partial charge in [0, 0.05) is 18.7 Å². The molecule has 0 fully saturated rings. The Labute approximate surface area is 147 Å². The Hall–Kier alpha value is -2.53. The molecule has 1 atom stereocenters. The maximum absolute atomic E-state index is 6.17. The maximum atomic E-state index is 6.17. The molecule has 5 heteroatoms. The zero-order chi connectivity index (χ0) is 17.2. The summed E-state index contributed by atoms with van der Waals surface area (Å²) in [6, 6.07) is 14.4. The Balaban J connectivity index is 1.64. The highest BCUT2D eigenvalue weighted by atomic mass is 16.6. The van der Waals surface area contributed by atoms with Crippen molar-refractivity contribution in [1.82, 2.24) is 9.55 Å². The molecule has 0 saturated carbocycles. The van der Waals surface area contributed by atoms with Crippen LogP contribution in [0.1, 0.15) is 30.8 Å². The van der Waals surface area contributed by atoms with Crippen molar-refractivity contribution in [2.75, 3.05) is 13.2 Å². The van der Waals surface area contributed by atoms with Crippen molar-refractivity contribution in [3.63, 3.8) is 0 Å². The van der Waals surface area contributed by atoms with Crippen molar-refractivity contribution in [2.24, 2.45) is 5.73 Å². The maximum Gasteiger partial charge on any atom is 0.163 e. The van der Waals surface area contributed by atoms with E-state index in [0.29, 0.717) is 13.2 Å². The molecule has 1 unspecified atom stereocenters. The van der Waals surface area contributed by atoms with E-state index in [-0.39, 0.29) is 6.04 Å². The number of aromatic nitrogens is 2. The van der Waals surface area contributed by atoms with Crippen LogP contribution in [0.5, 0.6) is 11.5 Å². The molecule has 2 heterocycles. The van der Waals surface area contributed by atoms with E-state index in [1.54, 1.807) is 0 Å². The van der Waals surface area contributed by atoms with Crippen LogP contribution in [0.4, 0.5) is 0 Å². The average molecular weight is 337 g/mol. The number of fused-ring (bicyclic) bond motifs is 2. The quantitative estimate of drug-likeness (QED) is 0.774. The predicted octanol–water partition coefficient (Wildman–Crippen LogP) is 3.46. The number of nitrogens with two attached hydrogens (primary N) is 1. The minimum Gasteiger partial charge on any atom is -0.486 e. The fraction of sp³-hybridized carbons (Fsp3) is 0.350.